The van der Waals surface area contributed by atoms with Crippen molar-refractivity contribution >= 4 is 23.1 Å². The quantitative estimate of drug-likeness (QED) is 0.571. The Hall–Kier alpha value is -3.46. The van der Waals surface area contributed by atoms with Crippen LogP contribution in [0.1, 0.15) is 66.1 Å². The lowest BCUT2D eigenvalue weighted by Gasteiger charge is -2.22. The zero-order valence-electron chi connectivity index (χ0n) is 19.5. The Morgan fingerprint density at radius 2 is 2.03 bits per heavy atom. The van der Waals surface area contributed by atoms with E-state index in [0.29, 0.717) is 47.9 Å². The van der Waals surface area contributed by atoms with E-state index in [0.717, 1.165) is 11.1 Å². The molecule has 0 radical (unpaired) electrons. The van der Waals surface area contributed by atoms with Crippen LogP contribution in [0.5, 0.6) is 5.75 Å². The van der Waals surface area contributed by atoms with Gasteiger partial charge in [-0.1, -0.05) is 0 Å². The standard InChI is InChI=1S/C24H29N5O4/c1-14(2)33-20-10-17-16(13-28(23(17)31)7-6-24(4,5)32)9-18(20)27-22(30)19-12-25-21-8-15(3)11-26-29(19)21/h8-12,14,32H,6-7,13H2,1-5H3,(H,27,30). The average molecular weight is 452 g/mol. The summed E-state index contributed by atoms with van der Waals surface area (Å²) < 4.78 is 7.41. The SMILES string of the molecule is Cc1cnn2c(C(=O)Nc3cc4c(cc3OC(C)C)C(=O)N(CCC(C)(C)O)C4)cnc2c1. The van der Waals surface area contributed by atoms with Crippen molar-refractivity contribution in [3.63, 3.8) is 0 Å². The van der Waals surface area contributed by atoms with Crippen molar-refractivity contribution in [3.8, 4) is 5.75 Å². The van der Waals surface area contributed by atoms with Crippen LogP contribution in [-0.4, -0.2) is 54.7 Å². The monoisotopic (exact) mass is 451 g/mol. The lowest BCUT2D eigenvalue weighted by atomic mass is 10.1. The van der Waals surface area contributed by atoms with Gasteiger partial charge in [-0.25, -0.2) is 9.50 Å². The van der Waals surface area contributed by atoms with Crippen LogP contribution in [0, 0.1) is 6.92 Å². The number of aryl methyl sites for hydroxylation is 1. The minimum atomic E-state index is -0.860. The topological polar surface area (TPSA) is 109 Å². The highest BCUT2D eigenvalue weighted by Gasteiger charge is 2.31. The van der Waals surface area contributed by atoms with Crippen molar-refractivity contribution in [1.29, 1.82) is 0 Å². The van der Waals surface area contributed by atoms with Crippen molar-refractivity contribution in [2.45, 2.75) is 59.3 Å². The molecular weight excluding hydrogens is 422 g/mol. The summed E-state index contributed by atoms with van der Waals surface area (Å²) in [5.41, 5.74) is 2.79. The van der Waals surface area contributed by atoms with Crippen LogP contribution in [0.2, 0.25) is 0 Å². The molecule has 0 saturated heterocycles. The first-order valence-electron chi connectivity index (χ1n) is 11.0. The normalized spacial score (nSPS) is 13.7. The molecule has 174 valence electrons. The maximum absolute atomic E-state index is 13.1. The lowest BCUT2D eigenvalue weighted by molar-refractivity contribution is 0.0516. The molecule has 1 aliphatic rings. The van der Waals surface area contributed by atoms with E-state index >= 15 is 0 Å². The zero-order chi connectivity index (χ0) is 23.9. The molecule has 4 rings (SSSR count). The number of fused-ring (bicyclic) bond motifs is 2. The second kappa shape index (κ2) is 8.47. The van der Waals surface area contributed by atoms with Crippen molar-refractivity contribution in [2.24, 2.45) is 0 Å². The fourth-order valence-electron chi connectivity index (χ4n) is 3.75. The molecule has 0 atom stereocenters. The number of aromatic nitrogens is 3. The van der Waals surface area contributed by atoms with Gasteiger partial charge in [0, 0.05) is 18.7 Å². The molecule has 0 bridgehead atoms. The van der Waals surface area contributed by atoms with Crippen molar-refractivity contribution in [2.75, 3.05) is 11.9 Å². The summed E-state index contributed by atoms with van der Waals surface area (Å²) >= 11 is 0. The van der Waals surface area contributed by atoms with Gasteiger partial charge < -0.3 is 20.1 Å². The van der Waals surface area contributed by atoms with Crippen LogP contribution in [0.3, 0.4) is 0 Å². The first kappa shape index (κ1) is 22.7. The van der Waals surface area contributed by atoms with Crippen molar-refractivity contribution in [1.82, 2.24) is 19.5 Å². The second-order valence-electron chi connectivity index (χ2n) is 9.36. The van der Waals surface area contributed by atoms with Crippen molar-refractivity contribution in [3.05, 3.63) is 53.0 Å². The van der Waals surface area contributed by atoms with Gasteiger partial charge in [-0.05, 0) is 70.4 Å². The molecule has 0 saturated carbocycles. The molecule has 1 aromatic carbocycles. The largest absolute Gasteiger partial charge is 0.489 e. The Morgan fingerprint density at radius 3 is 2.73 bits per heavy atom. The Kier molecular flexibility index (Phi) is 5.84. The zero-order valence-corrected chi connectivity index (χ0v) is 19.5. The number of anilines is 1. The average Bonchev–Trinajstić information content (AvgIpc) is 3.26. The summed E-state index contributed by atoms with van der Waals surface area (Å²) in [4.78, 5) is 32.0. The number of carbonyl (C=O) groups is 2. The maximum Gasteiger partial charge on any atom is 0.276 e. The highest BCUT2D eigenvalue weighted by atomic mass is 16.5. The molecule has 0 unspecified atom stereocenters. The predicted molar refractivity (Wildman–Crippen MR) is 124 cm³/mol. The van der Waals surface area contributed by atoms with Gasteiger partial charge in [0.1, 0.15) is 5.75 Å². The molecule has 0 fully saturated rings. The summed E-state index contributed by atoms with van der Waals surface area (Å²) in [5.74, 6) is -0.0647. The van der Waals surface area contributed by atoms with Crippen LogP contribution in [0.15, 0.2) is 30.6 Å². The molecule has 33 heavy (non-hydrogen) atoms. The molecule has 0 spiro atoms. The Bertz CT molecular complexity index is 1230. The molecule has 9 heteroatoms. The van der Waals surface area contributed by atoms with Gasteiger partial charge in [-0.15, -0.1) is 0 Å². The summed E-state index contributed by atoms with van der Waals surface area (Å²) in [5, 5.41) is 17.2. The summed E-state index contributed by atoms with van der Waals surface area (Å²) in [6, 6.07) is 5.32. The van der Waals surface area contributed by atoms with E-state index in [1.54, 1.807) is 37.1 Å². The Labute approximate surface area is 192 Å². The number of nitrogens with one attached hydrogen (secondary N) is 1. The molecule has 0 aliphatic carbocycles. The maximum atomic E-state index is 13.1. The van der Waals surface area contributed by atoms with E-state index in [4.69, 9.17) is 4.74 Å². The summed E-state index contributed by atoms with van der Waals surface area (Å²) in [6.45, 7) is 9.96. The molecular formula is C24H29N5O4. The Balaban J connectivity index is 1.63. The number of imidazole rings is 1. The van der Waals surface area contributed by atoms with Gasteiger partial charge in [0.25, 0.3) is 11.8 Å². The Morgan fingerprint density at radius 1 is 1.27 bits per heavy atom. The number of rotatable bonds is 7. The number of hydrogen-bond donors (Lipinski definition) is 2. The third-order valence-corrected chi connectivity index (χ3v) is 5.42. The van der Waals surface area contributed by atoms with Crippen LogP contribution >= 0.6 is 0 Å². The number of nitrogens with zero attached hydrogens (tertiary/aromatic N) is 4. The van der Waals surface area contributed by atoms with Gasteiger partial charge in [-0.2, -0.15) is 5.10 Å². The van der Waals surface area contributed by atoms with E-state index in [2.05, 4.69) is 15.4 Å². The van der Waals surface area contributed by atoms with Gasteiger partial charge in [0.15, 0.2) is 11.3 Å². The molecule has 2 aromatic heterocycles. The fraction of sp³-hybridized carbons (Fsp3) is 0.417. The van der Waals surface area contributed by atoms with Crippen LogP contribution in [0.25, 0.3) is 5.65 Å². The highest BCUT2D eigenvalue weighted by Crippen LogP contribution is 2.35. The van der Waals surface area contributed by atoms with E-state index < -0.39 is 5.60 Å². The molecule has 3 aromatic rings. The van der Waals surface area contributed by atoms with E-state index in [9.17, 15) is 14.7 Å². The highest BCUT2D eigenvalue weighted by molar-refractivity contribution is 6.05. The van der Waals surface area contributed by atoms with E-state index in [1.165, 1.54) is 10.7 Å². The molecule has 1 aliphatic heterocycles. The van der Waals surface area contributed by atoms with Crippen LogP contribution in [0.4, 0.5) is 5.69 Å². The van der Waals surface area contributed by atoms with Crippen LogP contribution in [-0.2, 0) is 6.54 Å². The van der Waals surface area contributed by atoms with Crippen LogP contribution < -0.4 is 10.1 Å². The van der Waals surface area contributed by atoms with Gasteiger partial charge in [0.05, 0.1) is 29.8 Å². The van der Waals surface area contributed by atoms with E-state index in [1.807, 2.05) is 26.8 Å². The summed E-state index contributed by atoms with van der Waals surface area (Å²) in [6.07, 6.45) is 3.46. The molecule has 3 heterocycles. The number of amides is 2. The number of ether oxygens (including phenoxy) is 1. The number of benzene rings is 1. The molecule has 9 nitrogen and oxygen atoms in total. The van der Waals surface area contributed by atoms with Gasteiger partial charge >= 0.3 is 0 Å². The number of hydrogen-bond acceptors (Lipinski definition) is 6. The summed E-state index contributed by atoms with van der Waals surface area (Å²) in [7, 11) is 0. The third kappa shape index (κ3) is 4.83. The number of aliphatic hydroxyl groups is 1. The second-order valence-corrected chi connectivity index (χ2v) is 9.36. The van der Waals surface area contributed by atoms with E-state index in [-0.39, 0.29) is 17.9 Å². The van der Waals surface area contributed by atoms with Gasteiger partial charge in [0.2, 0.25) is 0 Å². The first-order chi connectivity index (χ1) is 15.5. The predicted octanol–water partition coefficient (Wildman–Crippen LogP) is 3.19. The molecule has 2 N–H and O–H groups in total. The minimum absolute atomic E-state index is 0.109. The van der Waals surface area contributed by atoms with Crippen molar-refractivity contribution < 1.29 is 19.4 Å². The smallest absolute Gasteiger partial charge is 0.276 e. The minimum Gasteiger partial charge on any atom is -0.489 e. The molecule has 2 amide bonds. The fourth-order valence-corrected chi connectivity index (χ4v) is 3.75. The third-order valence-electron chi connectivity index (χ3n) is 5.42. The first-order valence-corrected chi connectivity index (χ1v) is 11.0. The lowest BCUT2D eigenvalue weighted by Crippen LogP contribution is -2.31. The number of carbonyl (C=O) groups excluding carboxylic acids is 2. The van der Waals surface area contributed by atoms with Gasteiger partial charge in [-0.3, -0.25) is 9.59 Å².